The number of hydrogen-bond donors (Lipinski definition) is 1. The first-order valence-corrected chi connectivity index (χ1v) is 10.8. The van der Waals surface area contributed by atoms with Crippen LogP contribution in [0.5, 0.6) is 5.75 Å². The third kappa shape index (κ3) is 4.41. The van der Waals surface area contributed by atoms with Gasteiger partial charge in [-0.25, -0.2) is 4.39 Å². The molecule has 7 heteroatoms. The van der Waals surface area contributed by atoms with Crippen molar-refractivity contribution in [1.29, 1.82) is 0 Å². The van der Waals surface area contributed by atoms with E-state index in [4.69, 9.17) is 4.74 Å². The topological polar surface area (TPSA) is 58.6 Å². The first-order chi connectivity index (χ1) is 15.0. The maximum absolute atomic E-state index is 14.1. The van der Waals surface area contributed by atoms with Gasteiger partial charge in [-0.05, 0) is 66.6 Å². The molecule has 1 heterocycles. The van der Waals surface area contributed by atoms with Gasteiger partial charge in [0.25, 0.3) is 5.91 Å². The summed E-state index contributed by atoms with van der Waals surface area (Å²) in [5.74, 6) is 0.392. The van der Waals surface area contributed by atoms with Crippen LogP contribution in [0.2, 0.25) is 0 Å². The van der Waals surface area contributed by atoms with E-state index < -0.39 is 0 Å². The van der Waals surface area contributed by atoms with Crippen LogP contribution in [0.3, 0.4) is 0 Å². The van der Waals surface area contributed by atoms with E-state index in [9.17, 15) is 14.0 Å². The van der Waals surface area contributed by atoms with E-state index in [-0.39, 0.29) is 23.0 Å². The zero-order valence-electron chi connectivity index (χ0n) is 17.1. The van der Waals surface area contributed by atoms with Crippen molar-refractivity contribution < 1.29 is 18.7 Å². The van der Waals surface area contributed by atoms with E-state index in [1.165, 1.54) is 17.8 Å². The average Bonchev–Trinajstić information content (AvgIpc) is 3.17. The average molecular weight is 437 g/mol. The van der Waals surface area contributed by atoms with Crippen LogP contribution in [0.4, 0.5) is 15.8 Å². The Kier molecular flexibility index (Phi) is 5.95. The van der Waals surface area contributed by atoms with E-state index in [1.54, 1.807) is 67.5 Å². The van der Waals surface area contributed by atoms with Crippen molar-refractivity contribution in [1.82, 2.24) is 0 Å². The second-order valence-corrected chi connectivity index (χ2v) is 8.23. The largest absolute Gasteiger partial charge is 0.497 e. The van der Waals surface area contributed by atoms with E-state index in [2.05, 4.69) is 5.32 Å². The molecule has 0 aliphatic carbocycles. The number of methoxy groups -OCH3 is 1. The highest BCUT2D eigenvalue weighted by molar-refractivity contribution is 8.00. The maximum atomic E-state index is 14.1. The Hall–Kier alpha value is -3.32. The van der Waals surface area contributed by atoms with E-state index in [0.717, 1.165) is 5.56 Å². The highest BCUT2D eigenvalue weighted by Gasteiger charge is 2.34. The Balaban J connectivity index is 1.50. The van der Waals surface area contributed by atoms with Crippen LogP contribution in [-0.2, 0) is 4.79 Å². The third-order valence-electron chi connectivity index (χ3n) is 5.11. The molecule has 0 bridgehead atoms. The number of amides is 2. The number of nitrogens with one attached hydrogen (secondary N) is 1. The van der Waals surface area contributed by atoms with Gasteiger partial charge in [-0.1, -0.05) is 18.2 Å². The predicted molar refractivity (Wildman–Crippen MR) is 121 cm³/mol. The molecule has 31 heavy (non-hydrogen) atoms. The minimum atomic E-state index is -0.336. The van der Waals surface area contributed by atoms with Crippen LogP contribution >= 0.6 is 11.8 Å². The molecule has 158 valence electrons. The number of halogens is 1. The van der Waals surface area contributed by atoms with Crippen LogP contribution in [0.25, 0.3) is 0 Å². The van der Waals surface area contributed by atoms with Gasteiger partial charge in [-0.15, -0.1) is 11.8 Å². The van der Waals surface area contributed by atoms with Crippen molar-refractivity contribution >= 4 is 35.0 Å². The molecule has 0 saturated carbocycles. The number of carbonyl (C=O) groups is 2. The van der Waals surface area contributed by atoms with Crippen molar-refractivity contribution in [2.45, 2.75) is 12.3 Å². The van der Waals surface area contributed by atoms with Gasteiger partial charge in [0.05, 0.1) is 12.9 Å². The van der Waals surface area contributed by atoms with Crippen LogP contribution in [0.1, 0.15) is 26.9 Å². The molecule has 0 aromatic heterocycles. The molecule has 1 N–H and O–H groups in total. The first-order valence-electron chi connectivity index (χ1n) is 9.71. The fourth-order valence-electron chi connectivity index (χ4n) is 3.36. The monoisotopic (exact) mass is 436 g/mol. The molecular weight excluding hydrogens is 415 g/mol. The molecule has 5 nitrogen and oxygen atoms in total. The second-order valence-electron chi connectivity index (χ2n) is 7.17. The van der Waals surface area contributed by atoms with Crippen molar-refractivity contribution in [2.24, 2.45) is 0 Å². The zero-order chi connectivity index (χ0) is 22.0. The van der Waals surface area contributed by atoms with Gasteiger partial charge < -0.3 is 10.1 Å². The number of hydrogen-bond acceptors (Lipinski definition) is 4. The van der Waals surface area contributed by atoms with Crippen molar-refractivity contribution in [2.75, 3.05) is 23.1 Å². The molecule has 1 aliphatic heterocycles. The van der Waals surface area contributed by atoms with Crippen molar-refractivity contribution in [3.63, 3.8) is 0 Å². The van der Waals surface area contributed by atoms with Gasteiger partial charge in [-0.3, -0.25) is 14.5 Å². The van der Waals surface area contributed by atoms with E-state index in [1.807, 2.05) is 12.1 Å². The summed E-state index contributed by atoms with van der Waals surface area (Å²) in [5.41, 5.74) is 3.15. The quantitative estimate of drug-likeness (QED) is 0.599. The third-order valence-corrected chi connectivity index (χ3v) is 6.32. The standard InChI is InChI=1S/C24H21FN2O3S/c1-15-3-10-19(13-21(15)25)27-22(28)14-31-24(27)17-4-8-18(9-5-17)26-23(29)16-6-11-20(30-2)12-7-16/h3-13,24H,14H2,1-2H3,(H,26,29)/t24-/m0/s1. The number of carbonyl (C=O) groups excluding carboxylic acids is 2. The summed E-state index contributed by atoms with van der Waals surface area (Å²) in [6.45, 7) is 1.69. The van der Waals surface area contributed by atoms with Crippen molar-refractivity contribution in [3.8, 4) is 5.75 Å². The molecule has 4 rings (SSSR count). The Labute approximate surface area is 184 Å². The van der Waals surface area contributed by atoms with Crippen molar-refractivity contribution in [3.05, 3.63) is 89.2 Å². The van der Waals surface area contributed by atoms with Gasteiger partial charge in [-0.2, -0.15) is 0 Å². The molecular formula is C24H21FN2O3S. The lowest BCUT2D eigenvalue weighted by Crippen LogP contribution is -2.28. The molecule has 1 atom stereocenters. The second kappa shape index (κ2) is 8.81. The molecule has 1 aliphatic rings. The Bertz CT molecular complexity index is 1120. The normalized spacial score (nSPS) is 15.8. The molecule has 3 aromatic rings. The summed E-state index contributed by atoms with van der Waals surface area (Å²) < 4.78 is 19.2. The number of nitrogens with zero attached hydrogens (tertiary/aromatic N) is 1. The highest BCUT2D eigenvalue weighted by Crippen LogP contribution is 2.42. The SMILES string of the molecule is COc1ccc(C(=O)Nc2ccc([C@@H]3SCC(=O)N3c3ccc(C)c(F)c3)cc2)cc1. The number of rotatable bonds is 5. The summed E-state index contributed by atoms with van der Waals surface area (Å²) in [6.07, 6.45) is 0. The number of aryl methyl sites for hydroxylation is 1. The van der Waals surface area contributed by atoms with Gasteiger partial charge >= 0.3 is 0 Å². The molecule has 1 fully saturated rings. The molecule has 0 spiro atoms. The summed E-state index contributed by atoms with van der Waals surface area (Å²) in [6, 6.07) is 19.0. The molecule has 1 saturated heterocycles. The lowest BCUT2D eigenvalue weighted by Gasteiger charge is -2.25. The molecule has 2 amide bonds. The van der Waals surface area contributed by atoms with Crippen LogP contribution < -0.4 is 15.0 Å². The fraction of sp³-hybridized carbons (Fsp3) is 0.167. The lowest BCUT2D eigenvalue weighted by atomic mass is 10.1. The number of ether oxygens (including phenoxy) is 1. The minimum Gasteiger partial charge on any atom is -0.497 e. The zero-order valence-corrected chi connectivity index (χ0v) is 17.9. The van der Waals surface area contributed by atoms with Gasteiger partial charge in [0.2, 0.25) is 5.91 Å². The van der Waals surface area contributed by atoms with Gasteiger partial charge in [0.1, 0.15) is 16.9 Å². The van der Waals surface area contributed by atoms with Crippen LogP contribution in [0.15, 0.2) is 66.7 Å². The Morgan fingerprint density at radius 1 is 1.10 bits per heavy atom. The van der Waals surface area contributed by atoms with E-state index in [0.29, 0.717) is 34.0 Å². The minimum absolute atomic E-state index is 0.0601. The van der Waals surface area contributed by atoms with Crippen LogP contribution in [0, 0.1) is 12.7 Å². The highest BCUT2D eigenvalue weighted by atomic mass is 32.2. The molecule has 3 aromatic carbocycles. The van der Waals surface area contributed by atoms with Gasteiger partial charge in [0, 0.05) is 16.9 Å². The fourth-order valence-corrected chi connectivity index (χ4v) is 4.54. The number of benzene rings is 3. The summed E-state index contributed by atoms with van der Waals surface area (Å²) >= 11 is 1.49. The molecule has 0 unspecified atom stereocenters. The van der Waals surface area contributed by atoms with Gasteiger partial charge in [0.15, 0.2) is 0 Å². The summed E-state index contributed by atoms with van der Waals surface area (Å²) in [4.78, 5) is 26.6. The molecule has 0 radical (unpaired) electrons. The maximum Gasteiger partial charge on any atom is 0.255 e. The first kappa shape index (κ1) is 20.9. The number of thioether (sulfide) groups is 1. The Morgan fingerprint density at radius 2 is 1.81 bits per heavy atom. The van der Waals surface area contributed by atoms with Crippen LogP contribution in [-0.4, -0.2) is 24.7 Å². The smallest absolute Gasteiger partial charge is 0.255 e. The summed E-state index contributed by atoms with van der Waals surface area (Å²) in [5, 5.41) is 2.61. The Morgan fingerprint density at radius 3 is 2.45 bits per heavy atom. The van der Waals surface area contributed by atoms with E-state index >= 15 is 0 Å². The number of anilines is 2. The predicted octanol–water partition coefficient (Wildman–Crippen LogP) is 5.17. The lowest BCUT2D eigenvalue weighted by molar-refractivity contribution is -0.115. The summed E-state index contributed by atoms with van der Waals surface area (Å²) in [7, 11) is 1.57.